The van der Waals surface area contributed by atoms with Gasteiger partial charge in [-0.1, -0.05) is 5.21 Å². The Kier molecular flexibility index (Phi) is 6.80. The summed E-state index contributed by atoms with van der Waals surface area (Å²) in [6.07, 6.45) is 0.738. The number of methoxy groups -OCH3 is 2. The summed E-state index contributed by atoms with van der Waals surface area (Å²) in [4.78, 5) is 23.3. The fourth-order valence-corrected chi connectivity index (χ4v) is 1.82. The van der Waals surface area contributed by atoms with Crippen LogP contribution in [-0.4, -0.2) is 53.7 Å². The topological polar surface area (TPSA) is 95.3 Å². The molecule has 8 nitrogen and oxygen atoms in total. The summed E-state index contributed by atoms with van der Waals surface area (Å²) in [7, 11) is 2.86. The molecular formula is C13H22N4O4. The van der Waals surface area contributed by atoms with Crippen LogP contribution in [0, 0.1) is 0 Å². The summed E-state index contributed by atoms with van der Waals surface area (Å²) in [5.41, 5.74) is 0.778. The first-order valence-corrected chi connectivity index (χ1v) is 6.78. The van der Waals surface area contributed by atoms with Gasteiger partial charge in [-0.2, -0.15) is 0 Å². The lowest BCUT2D eigenvalue weighted by Gasteiger charge is -2.09. The van der Waals surface area contributed by atoms with Crippen LogP contribution in [0.25, 0.3) is 0 Å². The highest BCUT2D eigenvalue weighted by Gasteiger charge is 2.20. The van der Waals surface area contributed by atoms with E-state index in [9.17, 15) is 9.59 Å². The van der Waals surface area contributed by atoms with Crippen molar-refractivity contribution in [3.63, 3.8) is 0 Å². The van der Waals surface area contributed by atoms with E-state index in [4.69, 9.17) is 4.74 Å². The number of amides is 1. The summed E-state index contributed by atoms with van der Waals surface area (Å²) in [5.74, 6) is -0.614. The molecule has 0 fully saturated rings. The van der Waals surface area contributed by atoms with Gasteiger partial charge in [-0.25, -0.2) is 9.48 Å². The number of hydrogen-bond donors (Lipinski definition) is 1. The second-order valence-corrected chi connectivity index (χ2v) is 4.81. The molecule has 0 bridgehead atoms. The van der Waals surface area contributed by atoms with Gasteiger partial charge in [0.15, 0.2) is 5.69 Å². The lowest BCUT2D eigenvalue weighted by atomic mass is 10.2. The van der Waals surface area contributed by atoms with Crippen molar-refractivity contribution in [2.24, 2.45) is 0 Å². The Balaban J connectivity index is 2.78. The third kappa shape index (κ3) is 5.14. The van der Waals surface area contributed by atoms with Crippen molar-refractivity contribution in [2.75, 3.05) is 20.8 Å². The quantitative estimate of drug-likeness (QED) is 0.687. The van der Waals surface area contributed by atoms with Crippen molar-refractivity contribution >= 4 is 11.9 Å². The second-order valence-electron chi connectivity index (χ2n) is 4.81. The third-order valence-corrected chi connectivity index (χ3v) is 2.76. The van der Waals surface area contributed by atoms with Gasteiger partial charge in [0.05, 0.1) is 26.0 Å². The van der Waals surface area contributed by atoms with Crippen molar-refractivity contribution in [3.8, 4) is 0 Å². The van der Waals surface area contributed by atoms with E-state index in [1.54, 1.807) is 11.8 Å². The Morgan fingerprint density at radius 3 is 2.62 bits per heavy atom. The molecule has 0 radical (unpaired) electrons. The van der Waals surface area contributed by atoms with Crippen molar-refractivity contribution in [1.82, 2.24) is 20.3 Å². The molecule has 0 unspecified atom stereocenters. The van der Waals surface area contributed by atoms with Gasteiger partial charge >= 0.3 is 5.97 Å². The van der Waals surface area contributed by atoms with Crippen molar-refractivity contribution in [1.29, 1.82) is 0 Å². The Morgan fingerprint density at radius 2 is 2.05 bits per heavy atom. The standard InChI is InChI=1S/C13H22N4O4/c1-9(2)14-11(18)5-7-17-10(6-8-20-3)12(15-16-17)13(19)21-4/h9H,5-8H2,1-4H3,(H,14,18). The number of esters is 1. The van der Waals surface area contributed by atoms with Crippen molar-refractivity contribution in [3.05, 3.63) is 11.4 Å². The van der Waals surface area contributed by atoms with E-state index >= 15 is 0 Å². The molecule has 0 aliphatic carbocycles. The van der Waals surface area contributed by atoms with Crippen molar-refractivity contribution < 1.29 is 19.1 Å². The smallest absolute Gasteiger partial charge is 0.360 e. The molecule has 1 aromatic heterocycles. The van der Waals surface area contributed by atoms with Gasteiger partial charge in [0.25, 0.3) is 0 Å². The van der Waals surface area contributed by atoms with Crippen molar-refractivity contribution in [2.45, 2.75) is 39.3 Å². The van der Waals surface area contributed by atoms with Crippen LogP contribution in [0.2, 0.25) is 0 Å². The van der Waals surface area contributed by atoms with Crippen LogP contribution in [0.5, 0.6) is 0 Å². The van der Waals surface area contributed by atoms with E-state index in [2.05, 4.69) is 20.4 Å². The number of aromatic nitrogens is 3. The minimum atomic E-state index is -0.543. The van der Waals surface area contributed by atoms with E-state index in [1.807, 2.05) is 13.8 Å². The fourth-order valence-electron chi connectivity index (χ4n) is 1.82. The Labute approximate surface area is 123 Å². The molecule has 21 heavy (non-hydrogen) atoms. The van der Waals surface area contributed by atoms with Crippen LogP contribution in [0.1, 0.15) is 36.5 Å². The van der Waals surface area contributed by atoms with E-state index in [-0.39, 0.29) is 24.1 Å². The molecule has 1 N–H and O–H groups in total. The fraction of sp³-hybridized carbons (Fsp3) is 0.692. The van der Waals surface area contributed by atoms with Gasteiger partial charge < -0.3 is 14.8 Å². The van der Waals surface area contributed by atoms with Crippen LogP contribution >= 0.6 is 0 Å². The van der Waals surface area contributed by atoms with Crippen LogP contribution in [0.15, 0.2) is 0 Å². The first kappa shape index (κ1) is 17.1. The second kappa shape index (κ2) is 8.35. The predicted octanol–water partition coefficient (Wildman–Crippen LogP) is 0.168. The zero-order valence-corrected chi connectivity index (χ0v) is 12.9. The highest BCUT2D eigenvalue weighted by molar-refractivity contribution is 5.88. The van der Waals surface area contributed by atoms with Gasteiger partial charge in [0, 0.05) is 26.0 Å². The molecule has 0 aromatic carbocycles. The predicted molar refractivity (Wildman–Crippen MR) is 74.8 cm³/mol. The molecule has 118 valence electrons. The van der Waals surface area contributed by atoms with Gasteiger partial charge in [0.2, 0.25) is 5.91 Å². The number of hydrogen-bond acceptors (Lipinski definition) is 6. The summed E-state index contributed by atoms with van der Waals surface area (Å²) >= 11 is 0. The highest BCUT2D eigenvalue weighted by Crippen LogP contribution is 2.09. The van der Waals surface area contributed by atoms with Crippen LogP contribution in [0.4, 0.5) is 0 Å². The molecule has 0 atom stereocenters. The number of aryl methyl sites for hydroxylation is 1. The van der Waals surface area contributed by atoms with Crippen LogP contribution < -0.4 is 5.32 Å². The number of nitrogens with one attached hydrogen (secondary N) is 1. The maximum atomic E-state index is 11.7. The number of rotatable bonds is 8. The molecule has 0 aliphatic rings. The molecule has 1 rings (SSSR count). The molecular weight excluding hydrogens is 276 g/mol. The summed E-state index contributed by atoms with van der Waals surface area (Å²) in [6, 6.07) is 0.0897. The first-order valence-electron chi connectivity index (χ1n) is 6.78. The zero-order valence-electron chi connectivity index (χ0n) is 12.9. The molecule has 1 heterocycles. The molecule has 8 heteroatoms. The Morgan fingerprint density at radius 1 is 1.33 bits per heavy atom. The maximum Gasteiger partial charge on any atom is 0.360 e. The van der Waals surface area contributed by atoms with E-state index in [0.717, 1.165) is 0 Å². The zero-order chi connectivity index (χ0) is 15.8. The van der Waals surface area contributed by atoms with Gasteiger partial charge in [-0.3, -0.25) is 4.79 Å². The summed E-state index contributed by atoms with van der Waals surface area (Å²) in [5, 5.41) is 10.5. The van der Waals surface area contributed by atoms with Gasteiger partial charge in [0.1, 0.15) is 0 Å². The van der Waals surface area contributed by atoms with Crippen LogP contribution in [-0.2, 0) is 27.2 Å². The minimum absolute atomic E-state index is 0.0715. The Bertz CT molecular complexity index is 485. The number of carbonyl (C=O) groups excluding carboxylic acids is 2. The summed E-state index contributed by atoms with van der Waals surface area (Å²) < 4.78 is 11.2. The molecule has 0 spiro atoms. The van der Waals surface area contributed by atoms with E-state index < -0.39 is 5.97 Å². The summed E-state index contributed by atoms with van der Waals surface area (Å²) in [6.45, 7) is 4.57. The normalized spacial score (nSPS) is 10.7. The lowest BCUT2D eigenvalue weighted by Crippen LogP contribution is -2.31. The molecule has 0 saturated carbocycles. The first-order chi connectivity index (χ1) is 9.99. The van der Waals surface area contributed by atoms with E-state index in [0.29, 0.717) is 25.3 Å². The number of nitrogens with zero attached hydrogens (tertiary/aromatic N) is 3. The lowest BCUT2D eigenvalue weighted by molar-refractivity contribution is -0.121. The highest BCUT2D eigenvalue weighted by atomic mass is 16.5. The van der Waals surface area contributed by atoms with Crippen LogP contribution in [0.3, 0.4) is 0 Å². The number of ether oxygens (including phenoxy) is 2. The largest absolute Gasteiger partial charge is 0.464 e. The molecule has 1 aromatic rings. The van der Waals surface area contributed by atoms with Gasteiger partial charge in [-0.05, 0) is 13.8 Å². The average Bonchev–Trinajstić information content (AvgIpc) is 2.84. The monoisotopic (exact) mass is 298 g/mol. The molecule has 1 amide bonds. The number of carbonyl (C=O) groups is 2. The van der Waals surface area contributed by atoms with E-state index in [1.165, 1.54) is 7.11 Å². The minimum Gasteiger partial charge on any atom is -0.464 e. The third-order valence-electron chi connectivity index (χ3n) is 2.76. The maximum absolute atomic E-state index is 11.7. The molecule has 0 saturated heterocycles. The van der Waals surface area contributed by atoms with Gasteiger partial charge in [-0.15, -0.1) is 5.10 Å². The molecule has 0 aliphatic heterocycles. The Hall–Kier alpha value is -1.96. The average molecular weight is 298 g/mol. The SMILES string of the molecule is COCCc1c(C(=O)OC)nnn1CCC(=O)NC(C)C.